The minimum atomic E-state index is -0.111. The molecule has 0 aromatic heterocycles. The molecule has 12 heavy (non-hydrogen) atoms. The second-order valence-corrected chi connectivity index (χ2v) is 3.15. The van der Waals surface area contributed by atoms with Crippen molar-refractivity contribution in [1.29, 1.82) is 0 Å². The van der Waals surface area contributed by atoms with Gasteiger partial charge in [0.2, 0.25) is 0 Å². The van der Waals surface area contributed by atoms with Crippen LogP contribution in [0, 0.1) is 0 Å². The molecule has 0 radical (unpaired) electrons. The highest BCUT2D eigenvalue weighted by molar-refractivity contribution is 6.21. The average Bonchev–Trinajstić information content (AvgIpc) is 1.82. The van der Waals surface area contributed by atoms with Gasteiger partial charge in [-0.05, 0) is 20.8 Å². The summed E-state index contributed by atoms with van der Waals surface area (Å²) in [5.41, 5.74) is 1.05. The van der Waals surface area contributed by atoms with E-state index < -0.39 is 0 Å². The van der Waals surface area contributed by atoms with Crippen LogP contribution in [0.2, 0.25) is 0 Å². The number of aliphatic hydroxyl groups excluding tert-OH is 1. The van der Waals surface area contributed by atoms with Crippen LogP contribution in [-0.4, -0.2) is 22.6 Å². The van der Waals surface area contributed by atoms with Crippen molar-refractivity contribution in [2.24, 2.45) is 4.99 Å². The molecule has 66 valence electrons. The van der Waals surface area contributed by atoms with Gasteiger partial charge in [0.05, 0.1) is 11.6 Å². The molecule has 0 amide bonds. The van der Waals surface area contributed by atoms with Crippen LogP contribution in [0.1, 0.15) is 27.2 Å². The van der Waals surface area contributed by atoms with E-state index in [0.29, 0.717) is 17.7 Å². The SMILES string of the molecule is CC(=O)C1=C(O)CC(C)N=C1C. The Hall–Kier alpha value is -1.12. The molecule has 0 fully saturated rings. The molecule has 1 rings (SSSR count). The van der Waals surface area contributed by atoms with Gasteiger partial charge in [-0.1, -0.05) is 0 Å². The summed E-state index contributed by atoms with van der Waals surface area (Å²) in [6.45, 7) is 5.11. The molecule has 1 heterocycles. The van der Waals surface area contributed by atoms with Crippen molar-refractivity contribution >= 4 is 11.5 Å². The van der Waals surface area contributed by atoms with E-state index in [1.54, 1.807) is 6.92 Å². The molecule has 0 saturated heterocycles. The van der Waals surface area contributed by atoms with Crippen LogP contribution in [-0.2, 0) is 4.79 Å². The second kappa shape index (κ2) is 3.09. The molecule has 1 unspecified atom stereocenters. The van der Waals surface area contributed by atoms with Crippen molar-refractivity contribution in [1.82, 2.24) is 0 Å². The van der Waals surface area contributed by atoms with E-state index in [0.717, 1.165) is 0 Å². The molecule has 1 aliphatic heterocycles. The molecule has 0 aliphatic carbocycles. The van der Waals surface area contributed by atoms with Gasteiger partial charge in [0.25, 0.3) is 0 Å². The Morgan fingerprint density at radius 3 is 2.67 bits per heavy atom. The topological polar surface area (TPSA) is 49.7 Å². The first-order valence-corrected chi connectivity index (χ1v) is 4.00. The molecule has 1 N–H and O–H groups in total. The number of Topliss-reactive ketones (excluding diaryl/α,β-unsaturated/α-hetero) is 1. The zero-order chi connectivity index (χ0) is 9.30. The Morgan fingerprint density at radius 1 is 1.67 bits per heavy atom. The zero-order valence-electron chi connectivity index (χ0n) is 7.59. The van der Waals surface area contributed by atoms with E-state index in [1.807, 2.05) is 6.92 Å². The largest absolute Gasteiger partial charge is 0.511 e. The second-order valence-electron chi connectivity index (χ2n) is 3.15. The van der Waals surface area contributed by atoms with Gasteiger partial charge >= 0.3 is 0 Å². The fourth-order valence-electron chi connectivity index (χ4n) is 1.49. The third-order valence-corrected chi connectivity index (χ3v) is 1.91. The minimum absolute atomic E-state index is 0.0908. The highest BCUT2D eigenvalue weighted by Crippen LogP contribution is 2.19. The van der Waals surface area contributed by atoms with Crippen LogP contribution >= 0.6 is 0 Å². The first kappa shape index (κ1) is 8.97. The molecule has 0 aromatic rings. The highest BCUT2D eigenvalue weighted by atomic mass is 16.3. The molecular formula is C9H13NO2. The monoisotopic (exact) mass is 167 g/mol. The quantitative estimate of drug-likeness (QED) is 0.645. The van der Waals surface area contributed by atoms with Crippen LogP contribution in [0.5, 0.6) is 0 Å². The van der Waals surface area contributed by atoms with Crippen molar-refractivity contribution in [3.8, 4) is 0 Å². The van der Waals surface area contributed by atoms with Crippen LogP contribution in [0.4, 0.5) is 0 Å². The lowest BCUT2D eigenvalue weighted by atomic mass is 9.99. The van der Waals surface area contributed by atoms with E-state index in [4.69, 9.17) is 0 Å². The number of ketones is 1. The molecule has 0 bridgehead atoms. The van der Waals surface area contributed by atoms with Crippen molar-refractivity contribution in [3.05, 3.63) is 11.3 Å². The number of hydrogen-bond donors (Lipinski definition) is 1. The Bertz CT molecular complexity index is 276. The maximum Gasteiger partial charge on any atom is 0.164 e. The smallest absolute Gasteiger partial charge is 0.164 e. The maximum atomic E-state index is 11.0. The van der Waals surface area contributed by atoms with Crippen molar-refractivity contribution in [2.45, 2.75) is 33.2 Å². The van der Waals surface area contributed by atoms with E-state index in [2.05, 4.69) is 4.99 Å². The van der Waals surface area contributed by atoms with Crippen LogP contribution in [0.15, 0.2) is 16.3 Å². The van der Waals surface area contributed by atoms with Crippen molar-refractivity contribution in [3.63, 3.8) is 0 Å². The highest BCUT2D eigenvalue weighted by Gasteiger charge is 2.20. The lowest BCUT2D eigenvalue weighted by Crippen LogP contribution is -2.19. The van der Waals surface area contributed by atoms with Gasteiger partial charge in [-0.15, -0.1) is 0 Å². The normalized spacial score (nSPS) is 23.9. The number of rotatable bonds is 1. The maximum absolute atomic E-state index is 11.0. The summed E-state index contributed by atoms with van der Waals surface area (Å²) in [7, 11) is 0. The third-order valence-electron chi connectivity index (χ3n) is 1.91. The molecule has 3 heteroatoms. The first-order chi connectivity index (χ1) is 5.52. The summed E-state index contributed by atoms with van der Waals surface area (Å²) in [5, 5.41) is 9.46. The predicted molar refractivity (Wildman–Crippen MR) is 47.5 cm³/mol. The number of aliphatic hydroxyl groups is 1. The predicted octanol–water partition coefficient (Wildman–Crippen LogP) is 1.64. The Labute approximate surface area is 71.8 Å². The van der Waals surface area contributed by atoms with Gasteiger partial charge in [-0.3, -0.25) is 9.79 Å². The Balaban J connectivity index is 3.05. The van der Waals surface area contributed by atoms with E-state index >= 15 is 0 Å². The number of carbonyl (C=O) groups excluding carboxylic acids is 1. The van der Waals surface area contributed by atoms with E-state index in [9.17, 15) is 9.90 Å². The molecular weight excluding hydrogens is 154 g/mol. The number of allylic oxidation sites excluding steroid dienone is 1. The number of aliphatic imine (C=N–C) groups is 1. The van der Waals surface area contributed by atoms with Crippen LogP contribution in [0.3, 0.4) is 0 Å². The van der Waals surface area contributed by atoms with Crippen LogP contribution < -0.4 is 0 Å². The fourth-order valence-corrected chi connectivity index (χ4v) is 1.49. The number of nitrogens with zero attached hydrogens (tertiary/aromatic N) is 1. The average molecular weight is 167 g/mol. The van der Waals surface area contributed by atoms with Crippen LogP contribution in [0.25, 0.3) is 0 Å². The third kappa shape index (κ3) is 1.55. The Kier molecular flexibility index (Phi) is 2.31. The lowest BCUT2D eigenvalue weighted by Gasteiger charge is -2.17. The standard InChI is InChI=1S/C9H13NO2/c1-5-4-8(12)9(7(3)11)6(2)10-5/h5,12H,4H2,1-3H3. The zero-order valence-corrected chi connectivity index (χ0v) is 7.59. The lowest BCUT2D eigenvalue weighted by molar-refractivity contribution is -0.113. The molecule has 0 aromatic carbocycles. The summed E-state index contributed by atoms with van der Waals surface area (Å²) in [5.74, 6) is 0.0724. The van der Waals surface area contributed by atoms with Gasteiger partial charge in [0.15, 0.2) is 5.78 Å². The minimum Gasteiger partial charge on any atom is -0.511 e. The first-order valence-electron chi connectivity index (χ1n) is 4.00. The van der Waals surface area contributed by atoms with Crippen molar-refractivity contribution < 1.29 is 9.90 Å². The number of hydrogen-bond acceptors (Lipinski definition) is 3. The molecule has 3 nitrogen and oxygen atoms in total. The van der Waals surface area contributed by atoms with Gasteiger partial charge < -0.3 is 5.11 Å². The van der Waals surface area contributed by atoms with E-state index in [1.165, 1.54) is 6.92 Å². The van der Waals surface area contributed by atoms with Gasteiger partial charge in [-0.25, -0.2) is 0 Å². The Morgan fingerprint density at radius 2 is 2.25 bits per heavy atom. The summed E-state index contributed by atoms with van der Waals surface area (Å²) >= 11 is 0. The van der Waals surface area contributed by atoms with Gasteiger partial charge in [0, 0.05) is 12.1 Å². The summed E-state index contributed by atoms with van der Waals surface area (Å²) in [6.07, 6.45) is 0.478. The summed E-state index contributed by atoms with van der Waals surface area (Å²) in [4.78, 5) is 15.2. The van der Waals surface area contributed by atoms with Gasteiger partial charge in [-0.2, -0.15) is 0 Å². The molecule has 0 spiro atoms. The molecule has 1 atom stereocenters. The fraction of sp³-hybridized carbons (Fsp3) is 0.556. The summed E-state index contributed by atoms with van der Waals surface area (Å²) in [6, 6.07) is 0.0908. The summed E-state index contributed by atoms with van der Waals surface area (Å²) < 4.78 is 0. The number of dihydropyridines is 1. The van der Waals surface area contributed by atoms with Gasteiger partial charge in [0.1, 0.15) is 5.76 Å². The molecule has 1 aliphatic rings. The van der Waals surface area contributed by atoms with Crippen molar-refractivity contribution in [2.75, 3.05) is 0 Å². The molecule has 0 saturated carbocycles. The van der Waals surface area contributed by atoms with E-state index in [-0.39, 0.29) is 17.6 Å². The number of carbonyl (C=O) groups is 1.